The van der Waals surface area contributed by atoms with Crippen LogP contribution in [-0.4, -0.2) is 0 Å². The van der Waals surface area contributed by atoms with Crippen LogP contribution >= 0.6 is 0 Å². The first kappa shape index (κ1) is 7.40. The molecular formula is C9H11FN2. The van der Waals surface area contributed by atoms with E-state index < -0.39 is 0 Å². The zero-order chi connectivity index (χ0) is 8.72. The van der Waals surface area contributed by atoms with Gasteiger partial charge in [0.25, 0.3) is 0 Å². The summed E-state index contributed by atoms with van der Waals surface area (Å²) in [6, 6.07) is 2.90. The molecule has 2 rings (SSSR count). The molecule has 0 aliphatic heterocycles. The van der Waals surface area contributed by atoms with Gasteiger partial charge in [0.1, 0.15) is 5.82 Å². The van der Waals surface area contributed by atoms with Crippen LogP contribution in [0.3, 0.4) is 0 Å². The van der Waals surface area contributed by atoms with Gasteiger partial charge in [0.05, 0.1) is 11.4 Å². The van der Waals surface area contributed by atoms with Crippen molar-refractivity contribution >= 4 is 11.4 Å². The number of rotatable bonds is 1. The summed E-state index contributed by atoms with van der Waals surface area (Å²) >= 11 is 0. The Balaban J connectivity index is 2.55. The van der Waals surface area contributed by atoms with E-state index in [-0.39, 0.29) is 5.82 Å². The monoisotopic (exact) mass is 166 g/mol. The summed E-state index contributed by atoms with van der Waals surface area (Å²) in [7, 11) is 0. The fourth-order valence-corrected chi connectivity index (χ4v) is 1.41. The zero-order valence-corrected chi connectivity index (χ0v) is 6.68. The topological polar surface area (TPSA) is 52.0 Å². The minimum absolute atomic E-state index is 0.218. The van der Waals surface area contributed by atoms with Crippen LogP contribution in [0.2, 0.25) is 0 Å². The summed E-state index contributed by atoms with van der Waals surface area (Å²) in [5.41, 5.74) is 12.8. The molecule has 1 fully saturated rings. The van der Waals surface area contributed by atoms with Crippen molar-refractivity contribution < 1.29 is 4.39 Å². The van der Waals surface area contributed by atoms with E-state index in [1.807, 2.05) is 0 Å². The molecule has 1 aromatic carbocycles. The lowest BCUT2D eigenvalue weighted by atomic mass is 10.1. The molecule has 0 bridgehead atoms. The number of nitrogen functional groups attached to an aromatic ring is 2. The first-order valence-electron chi connectivity index (χ1n) is 4.03. The van der Waals surface area contributed by atoms with Crippen LogP contribution in [0.1, 0.15) is 24.3 Å². The van der Waals surface area contributed by atoms with Crippen LogP contribution in [0.4, 0.5) is 15.8 Å². The Morgan fingerprint density at radius 3 is 2.50 bits per heavy atom. The second kappa shape index (κ2) is 2.37. The number of anilines is 2. The van der Waals surface area contributed by atoms with Crippen LogP contribution in [0.15, 0.2) is 12.1 Å². The van der Waals surface area contributed by atoms with Crippen molar-refractivity contribution in [3.8, 4) is 0 Å². The lowest BCUT2D eigenvalue weighted by Gasteiger charge is -2.07. The van der Waals surface area contributed by atoms with Gasteiger partial charge in [-0.1, -0.05) is 0 Å². The van der Waals surface area contributed by atoms with E-state index in [2.05, 4.69) is 0 Å². The first-order chi connectivity index (χ1) is 5.70. The lowest BCUT2D eigenvalue weighted by Crippen LogP contribution is -2.01. The predicted molar refractivity (Wildman–Crippen MR) is 47.2 cm³/mol. The van der Waals surface area contributed by atoms with Crippen LogP contribution in [0.25, 0.3) is 0 Å². The maximum Gasteiger partial charge on any atom is 0.128 e. The average molecular weight is 166 g/mol. The Kier molecular flexibility index (Phi) is 1.46. The second-order valence-electron chi connectivity index (χ2n) is 3.24. The molecule has 1 aliphatic carbocycles. The smallest absolute Gasteiger partial charge is 0.128 e. The van der Waals surface area contributed by atoms with E-state index in [1.165, 1.54) is 12.1 Å². The minimum Gasteiger partial charge on any atom is -0.397 e. The van der Waals surface area contributed by atoms with Crippen molar-refractivity contribution in [1.29, 1.82) is 0 Å². The Labute approximate surface area is 70.4 Å². The third-order valence-corrected chi connectivity index (χ3v) is 2.25. The Hall–Kier alpha value is -1.25. The van der Waals surface area contributed by atoms with Crippen LogP contribution in [0, 0.1) is 5.82 Å². The van der Waals surface area contributed by atoms with Gasteiger partial charge in [-0.15, -0.1) is 0 Å². The minimum atomic E-state index is -0.218. The van der Waals surface area contributed by atoms with Crippen molar-refractivity contribution in [3.63, 3.8) is 0 Å². The SMILES string of the molecule is Nc1ccc(F)c(C2CC2)c1N. The average Bonchev–Trinajstić information content (AvgIpc) is 2.81. The molecule has 0 aromatic heterocycles. The quantitative estimate of drug-likeness (QED) is 0.626. The van der Waals surface area contributed by atoms with E-state index in [1.54, 1.807) is 0 Å². The number of nitrogens with two attached hydrogens (primary N) is 2. The highest BCUT2D eigenvalue weighted by atomic mass is 19.1. The summed E-state index contributed by atoms with van der Waals surface area (Å²) in [6.07, 6.45) is 2.06. The van der Waals surface area contributed by atoms with E-state index in [9.17, 15) is 4.39 Å². The molecule has 0 atom stereocenters. The van der Waals surface area contributed by atoms with E-state index >= 15 is 0 Å². The molecule has 64 valence electrons. The largest absolute Gasteiger partial charge is 0.397 e. The molecule has 4 N–H and O–H groups in total. The fraction of sp³-hybridized carbons (Fsp3) is 0.333. The number of hydrogen-bond acceptors (Lipinski definition) is 2. The van der Waals surface area contributed by atoms with Crippen molar-refractivity contribution in [3.05, 3.63) is 23.5 Å². The third-order valence-electron chi connectivity index (χ3n) is 2.25. The molecule has 3 heteroatoms. The Morgan fingerprint density at radius 2 is 1.92 bits per heavy atom. The molecule has 2 nitrogen and oxygen atoms in total. The molecule has 1 aromatic rings. The van der Waals surface area contributed by atoms with Gasteiger partial charge in [-0.2, -0.15) is 0 Å². The van der Waals surface area contributed by atoms with Crippen molar-refractivity contribution in [1.82, 2.24) is 0 Å². The molecule has 0 spiro atoms. The van der Waals surface area contributed by atoms with E-state index in [4.69, 9.17) is 11.5 Å². The van der Waals surface area contributed by atoms with Crippen LogP contribution in [0.5, 0.6) is 0 Å². The lowest BCUT2D eigenvalue weighted by molar-refractivity contribution is 0.612. The number of benzene rings is 1. The third kappa shape index (κ3) is 1.02. The van der Waals surface area contributed by atoms with Crippen molar-refractivity contribution in [2.24, 2.45) is 0 Å². The van der Waals surface area contributed by atoms with Gasteiger partial charge in [-0.05, 0) is 30.9 Å². The van der Waals surface area contributed by atoms with E-state index in [0.29, 0.717) is 22.9 Å². The Morgan fingerprint density at radius 1 is 1.25 bits per heavy atom. The molecule has 0 unspecified atom stereocenters. The highest BCUT2D eigenvalue weighted by Crippen LogP contribution is 2.45. The zero-order valence-electron chi connectivity index (χ0n) is 6.68. The summed E-state index contributed by atoms with van der Waals surface area (Å²) in [4.78, 5) is 0. The van der Waals surface area contributed by atoms with Crippen LogP contribution in [-0.2, 0) is 0 Å². The highest BCUT2D eigenvalue weighted by molar-refractivity contribution is 5.69. The molecule has 0 amide bonds. The van der Waals surface area contributed by atoms with Gasteiger partial charge in [-0.25, -0.2) is 4.39 Å². The normalized spacial score (nSPS) is 16.4. The van der Waals surface area contributed by atoms with Gasteiger partial charge in [-0.3, -0.25) is 0 Å². The fourth-order valence-electron chi connectivity index (χ4n) is 1.41. The maximum absolute atomic E-state index is 13.2. The molecule has 12 heavy (non-hydrogen) atoms. The molecule has 0 radical (unpaired) electrons. The molecular weight excluding hydrogens is 155 g/mol. The van der Waals surface area contributed by atoms with Crippen LogP contribution < -0.4 is 11.5 Å². The van der Waals surface area contributed by atoms with Gasteiger partial charge in [0, 0.05) is 5.56 Å². The maximum atomic E-state index is 13.2. The van der Waals surface area contributed by atoms with Gasteiger partial charge in [0.15, 0.2) is 0 Å². The van der Waals surface area contributed by atoms with Crippen molar-refractivity contribution in [2.45, 2.75) is 18.8 Å². The molecule has 0 saturated heterocycles. The summed E-state index contributed by atoms with van der Waals surface area (Å²) in [5.74, 6) is 0.0951. The van der Waals surface area contributed by atoms with E-state index in [0.717, 1.165) is 12.8 Å². The number of halogens is 1. The number of hydrogen-bond donors (Lipinski definition) is 2. The van der Waals surface area contributed by atoms with Gasteiger partial charge >= 0.3 is 0 Å². The summed E-state index contributed by atoms with van der Waals surface area (Å²) in [5, 5.41) is 0. The standard InChI is InChI=1S/C9H11FN2/c10-6-3-4-7(11)9(12)8(6)5-1-2-5/h3-5H,1-2,11-12H2. The molecule has 1 aliphatic rings. The molecule has 1 saturated carbocycles. The van der Waals surface area contributed by atoms with Gasteiger partial charge in [0.2, 0.25) is 0 Å². The van der Waals surface area contributed by atoms with Gasteiger partial charge < -0.3 is 11.5 Å². The summed E-state index contributed by atoms with van der Waals surface area (Å²) < 4.78 is 13.2. The predicted octanol–water partition coefficient (Wildman–Crippen LogP) is 1.87. The molecule has 0 heterocycles. The first-order valence-corrected chi connectivity index (χ1v) is 4.03. The highest BCUT2D eigenvalue weighted by Gasteiger charge is 2.29. The Bertz CT molecular complexity index is 319. The van der Waals surface area contributed by atoms with Crippen molar-refractivity contribution in [2.75, 3.05) is 11.5 Å². The summed E-state index contributed by atoms with van der Waals surface area (Å²) in [6.45, 7) is 0. The second-order valence-corrected chi connectivity index (χ2v) is 3.24.